The largest absolute Gasteiger partial charge is 0.463 e. The molecule has 1 N–H and O–H groups in total. The molecule has 0 spiro atoms. The minimum absolute atomic E-state index is 0.268. The highest BCUT2D eigenvalue weighted by Gasteiger charge is 2.35. The highest BCUT2D eigenvalue weighted by Crippen LogP contribution is 2.40. The highest BCUT2D eigenvalue weighted by atomic mass is 16.5. The standard InChI is InChI=1S/C22H23N3O2/c1-3-10-17-19(21(26)27-4-2)20(15-11-6-5-7-12-15)25-18-14-9-8-13-16(18)23-22(25)24-17/h5-9,11-14,20H,3-4,10H2,1-2H3,(H,23,24)/t20-/m1/s1. The monoisotopic (exact) mass is 361 g/mol. The second-order valence-corrected chi connectivity index (χ2v) is 6.60. The number of carbonyl (C=O) groups is 1. The van der Waals surface area contributed by atoms with Crippen molar-refractivity contribution in [3.8, 4) is 0 Å². The number of nitrogens with one attached hydrogen (secondary N) is 1. The molecule has 5 nitrogen and oxygen atoms in total. The van der Waals surface area contributed by atoms with Crippen LogP contribution in [0.15, 0.2) is 65.9 Å². The normalized spacial score (nSPS) is 16.1. The number of aromatic nitrogens is 2. The van der Waals surface area contributed by atoms with Gasteiger partial charge < -0.3 is 10.1 Å². The molecule has 1 aliphatic heterocycles. The number of benzene rings is 2. The maximum atomic E-state index is 13.0. The van der Waals surface area contributed by atoms with E-state index in [2.05, 4.69) is 28.9 Å². The fourth-order valence-electron chi connectivity index (χ4n) is 3.73. The zero-order valence-electron chi connectivity index (χ0n) is 15.6. The second-order valence-electron chi connectivity index (χ2n) is 6.60. The molecule has 0 amide bonds. The molecule has 27 heavy (non-hydrogen) atoms. The Kier molecular flexibility index (Phi) is 4.67. The number of nitrogens with zero attached hydrogens (tertiary/aromatic N) is 2. The van der Waals surface area contributed by atoms with Gasteiger partial charge in [-0.15, -0.1) is 0 Å². The maximum absolute atomic E-state index is 13.0. The van der Waals surface area contributed by atoms with Crippen LogP contribution in [0.2, 0.25) is 0 Å². The van der Waals surface area contributed by atoms with Crippen molar-refractivity contribution >= 4 is 23.0 Å². The van der Waals surface area contributed by atoms with E-state index in [1.807, 2.05) is 49.4 Å². The summed E-state index contributed by atoms with van der Waals surface area (Å²) < 4.78 is 7.55. The summed E-state index contributed by atoms with van der Waals surface area (Å²) in [4.78, 5) is 17.7. The van der Waals surface area contributed by atoms with Crippen molar-refractivity contribution in [1.82, 2.24) is 9.55 Å². The van der Waals surface area contributed by atoms with Crippen LogP contribution < -0.4 is 5.32 Å². The van der Waals surface area contributed by atoms with Crippen molar-refractivity contribution in [3.05, 3.63) is 71.4 Å². The number of ether oxygens (including phenoxy) is 1. The van der Waals surface area contributed by atoms with E-state index in [-0.39, 0.29) is 12.0 Å². The van der Waals surface area contributed by atoms with Gasteiger partial charge in [0.15, 0.2) is 0 Å². The zero-order valence-corrected chi connectivity index (χ0v) is 15.6. The number of esters is 1. The lowest BCUT2D eigenvalue weighted by Gasteiger charge is -2.31. The number of para-hydroxylation sites is 2. The Morgan fingerprint density at radius 3 is 2.59 bits per heavy atom. The van der Waals surface area contributed by atoms with Crippen LogP contribution in [-0.2, 0) is 9.53 Å². The molecular weight excluding hydrogens is 338 g/mol. The maximum Gasteiger partial charge on any atom is 0.338 e. The van der Waals surface area contributed by atoms with Crippen LogP contribution in [0.5, 0.6) is 0 Å². The fraction of sp³-hybridized carbons (Fsp3) is 0.273. The molecule has 2 heterocycles. The van der Waals surface area contributed by atoms with E-state index < -0.39 is 0 Å². The van der Waals surface area contributed by atoms with Crippen molar-refractivity contribution < 1.29 is 9.53 Å². The van der Waals surface area contributed by atoms with E-state index in [1.165, 1.54) is 0 Å². The molecule has 0 fully saturated rings. The Balaban J connectivity index is 1.99. The number of hydrogen-bond donors (Lipinski definition) is 1. The van der Waals surface area contributed by atoms with Crippen molar-refractivity contribution in [2.45, 2.75) is 32.7 Å². The van der Waals surface area contributed by atoms with Crippen LogP contribution in [0.1, 0.15) is 38.3 Å². The molecule has 0 bridgehead atoms. The lowest BCUT2D eigenvalue weighted by atomic mass is 9.93. The second kappa shape index (κ2) is 7.27. The molecule has 2 aromatic carbocycles. The SMILES string of the molecule is CCCC1=C(C(=O)OCC)[C@@H](c2ccccc2)n2c(nc3ccccc32)N1. The Morgan fingerprint density at radius 1 is 1.11 bits per heavy atom. The number of imidazole rings is 1. The van der Waals surface area contributed by atoms with Gasteiger partial charge in [0.2, 0.25) is 5.95 Å². The van der Waals surface area contributed by atoms with Crippen molar-refractivity contribution in [3.63, 3.8) is 0 Å². The van der Waals surface area contributed by atoms with Crippen LogP contribution in [0.4, 0.5) is 5.95 Å². The first kappa shape index (κ1) is 17.3. The number of allylic oxidation sites excluding steroid dienone is 1. The third-order valence-electron chi connectivity index (χ3n) is 4.83. The van der Waals surface area contributed by atoms with E-state index in [0.29, 0.717) is 12.2 Å². The van der Waals surface area contributed by atoms with Gasteiger partial charge in [-0.3, -0.25) is 4.57 Å². The van der Waals surface area contributed by atoms with Gasteiger partial charge in [-0.25, -0.2) is 9.78 Å². The van der Waals surface area contributed by atoms with Gasteiger partial charge in [0, 0.05) is 5.70 Å². The Labute approximate surface area is 158 Å². The lowest BCUT2D eigenvalue weighted by Crippen LogP contribution is -2.29. The first-order chi connectivity index (χ1) is 13.2. The predicted octanol–water partition coefficient (Wildman–Crippen LogP) is 4.67. The molecule has 0 unspecified atom stereocenters. The summed E-state index contributed by atoms with van der Waals surface area (Å²) in [6, 6.07) is 17.8. The van der Waals surface area contributed by atoms with Gasteiger partial charge in [0.1, 0.15) is 0 Å². The molecule has 1 atom stereocenters. The molecule has 0 radical (unpaired) electrons. The van der Waals surface area contributed by atoms with Gasteiger partial charge in [-0.2, -0.15) is 0 Å². The summed E-state index contributed by atoms with van der Waals surface area (Å²) >= 11 is 0. The minimum Gasteiger partial charge on any atom is -0.463 e. The number of hydrogen-bond acceptors (Lipinski definition) is 4. The minimum atomic E-state index is -0.272. The topological polar surface area (TPSA) is 56.2 Å². The van der Waals surface area contributed by atoms with E-state index in [4.69, 9.17) is 9.72 Å². The summed E-state index contributed by atoms with van der Waals surface area (Å²) in [6.45, 7) is 4.29. The summed E-state index contributed by atoms with van der Waals surface area (Å²) in [7, 11) is 0. The van der Waals surface area contributed by atoms with Crippen LogP contribution in [-0.4, -0.2) is 22.1 Å². The van der Waals surface area contributed by atoms with Gasteiger partial charge in [0.25, 0.3) is 0 Å². The molecule has 0 aliphatic carbocycles. The average Bonchev–Trinajstić information content (AvgIpc) is 3.06. The van der Waals surface area contributed by atoms with E-state index in [1.54, 1.807) is 0 Å². The number of carbonyl (C=O) groups excluding carboxylic acids is 1. The summed E-state index contributed by atoms with van der Waals surface area (Å²) in [5.41, 5.74) is 4.50. The molecule has 4 rings (SSSR count). The molecule has 0 saturated carbocycles. The molecular formula is C22H23N3O2. The average molecular weight is 361 g/mol. The Hall–Kier alpha value is -3.08. The van der Waals surface area contributed by atoms with Crippen LogP contribution >= 0.6 is 0 Å². The smallest absolute Gasteiger partial charge is 0.338 e. The fourth-order valence-corrected chi connectivity index (χ4v) is 3.73. The zero-order chi connectivity index (χ0) is 18.8. The van der Waals surface area contributed by atoms with E-state index in [0.717, 1.165) is 41.1 Å². The molecule has 0 saturated heterocycles. The van der Waals surface area contributed by atoms with Crippen molar-refractivity contribution in [2.75, 3.05) is 11.9 Å². The lowest BCUT2D eigenvalue weighted by molar-refractivity contribution is -0.139. The molecule has 3 aromatic rings. The first-order valence-electron chi connectivity index (χ1n) is 9.43. The highest BCUT2D eigenvalue weighted by molar-refractivity contribution is 5.94. The molecule has 5 heteroatoms. The van der Waals surface area contributed by atoms with Crippen LogP contribution in [0.3, 0.4) is 0 Å². The number of anilines is 1. The first-order valence-corrected chi connectivity index (χ1v) is 9.43. The quantitative estimate of drug-likeness (QED) is 0.671. The van der Waals surface area contributed by atoms with E-state index >= 15 is 0 Å². The third-order valence-corrected chi connectivity index (χ3v) is 4.83. The predicted molar refractivity (Wildman–Crippen MR) is 107 cm³/mol. The van der Waals surface area contributed by atoms with Gasteiger partial charge in [-0.1, -0.05) is 55.8 Å². The van der Waals surface area contributed by atoms with Crippen LogP contribution in [0, 0.1) is 0 Å². The van der Waals surface area contributed by atoms with Crippen LogP contribution in [0.25, 0.3) is 11.0 Å². The number of rotatable bonds is 5. The van der Waals surface area contributed by atoms with E-state index in [9.17, 15) is 4.79 Å². The van der Waals surface area contributed by atoms with Gasteiger partial charge in [0.05, 0.1) is 29.3 Å². The summed E-state index contributed by atoms with van der Waals surface area (Å²) in [5.74, 6) is 0.493. The Morgan fingerprint density at radius 2 is 1.85 bits per heavy atom. The number of fused-ring (bicyclic) bond motifs is 3. The third kappa shape index (κ3) is 2.99. The van der Waals surface area contributed by atoms with Crippen molar-refractivity contribution in [2.24, 2.45) is 0 Å². The van der Waals surface area contributed by atoms with Gasteiger partial charge >= 0.3 is 5.97 Å². The van der Waals surface area contributed by atoms with Gasteiger partial charge in [-0.05, 0) is 31.0 Å². The molecule has 138 valence electrons. The summed E-state index contributed by atoms with van der Waals surface area (Å²) in [6.07, 6.45) is 1.69. The van der Waals surface area contributed by atoms with Crippen molar-refractivity contribution in [1.29, 1.82) is 0 Å². The molecule has 1 aliphatic rings. The summed E-state index contributed by atoms with van der Waals surface area (Å²) in [5, 5.41) is 3.41. The Bertz CT molecular complexity index is 1000. The molecule has 1 aromatic heterocycles.